The standard InChI is InChI=1S/C25H29N3O4/c1-25(2)13-12-14-8-5-6-9-15(14)23(25)27-19-18(21(30)22(19)31)26-17-11-7-10-16(20(17)29)24(32)28(3)4/h5-11,23-24,26-27,29,32H,12-13H2,1-4H3. The first-order valence-electron chi connectivity index (χ1n) is 10.7. The molecule has 168 valence electrons. The number of aryl methyl sites for hydroxylation is 1. The van der Waals surface area contributed by atoms with Crippen LogP contribution in [0, 0.1) is 5.41 Å². The number of para-hydroxylation sites is 1. The van der Waals surface area contributed by atoms with E-state index in [0.29, 0.717) is 5.56 Å². The van der Waals surface area contributed by atoms with E-state index in [4.69, 9.17) is 0 Å². The molecule has 0 fully saturated rings. The summed E-state index contributed by atoms with van der Waals surface area (Å²) in [5, 5.41) is 27.2. The number of benzene rings is 2. The van der Waals surface area contributed by atoms with Gasteiger partial charge in [-0.1, -0.05) is 50.2 Å². The molecule has 3 aromatic rings. The SMILES string of the molecule is CN(C)C(O)c1cccc(Nc2c(NC3c4ccccc4CCC3(C)C)c(=O)c2=O)c1O. The molecule has 0 bridgehead atoms. The zero-order chi connectivity index (χ0) is 23.2. The number of phenolic OH excluding ortho intramolecular Hbond substituents is 1. The zero-order valence-corrected chi connectivity index (χ0v) is 18.8. The molecule has 7 nitrogen and oxygen atoms in total. The first kappa shape index (κ1) is 22.0. The van der Waals surface area contributed by atoms with Crippen LogP contribution >= 0.6 is 0 Å². The molecule has 1 aliphatic rings. The summed E-state index contributed by atoms with van der Waals surface area (Å²) >= 11 is 0. The quantitative estimate of drug-likeness (QED) is 0.267. The molecule has 1 aliphatic carbocycles. The van der Waals surface area contributed by atoms with Crippen LogP contribution in [-0.4, -0.2) is 29.2 Å². The maximum atomic E-state index is 12.5. The molecule has 0 radical (unpaired) electrons. The van der Waals surface area contributed by atoms with Gasteiger partial charge in [0.1, 0.15) is 23.4 Å². The van der Waals surface area contributed by atoms with E-state index in [1.54, 1.807) is 37.2 Å². The normalized spacial score (nSPS) is 18.4. The summed E-state index contributed by atoms with van der Waals surface area (Å²) in [6, 6.07) is 12.9. The molecular formula is C25H29N3O4. The molecule has 0 amide bonds. The fourth-order valence-corrected chi connectivity index (χ4v) is 4.42. The van der Waals surface area contributed by atoms with Crippen LogP contribution in [0.3, 0.4) is 0 Å². The van der Waals surface area contributed by atoms with Gasteiger partial charge < -0.3 is 20.8 Å². The van der Waals surface area contributed by atoms with Gasteiger partial charge in [-0.3, -0.25) is 14.5 Å². The summed E-state index contributed by atoms with van der Waals surface area (Å²) in [6.45, 7) is 4.30. The lowest BCUT2D eigenvalue weighted by molar-refractivity contribution is 0.0376. The van der Waals surface area contributed by atoms with Gasteiger partial charge in [0.05, 0.1) is 11.7 Å². The van der Waals surface area contributed by atoms with E-state index in [1.807, 2.05) is 12.1 Å². The van der Waals surface area contributed by atoms with Crippen molar-refractivity contribution in [3.05, 3.63) is 79.6 Å². The fourth-order valence-electron chi connectivity index (χ4n) is 4.42. The number of aromatic hydroxyl groups is 1. The molecule has 4 N–H and O–H groups in total. The highest BCUT2D eigenvalue weighted by Gasteiger charge is 2.37. The number of hydrogen-bond donors (Lipinski definition) is 4. The summed E-state index contributed by atoms with van der Waals surface area (Å²) in [5.74, 6) is -0.170. The van der Waals surface area contributed by atoms with Crippen LogP contribution < -0.4 is 21.5 Å². The third kappa shape index (κ3) is 3.67. The van der Waals surface area contributed by atoms with Gasteiger partial charge in [0.15, 0.2) is 0 Å². The Bertz CT molecular complexity index is 1220. The van der Waals surface area contributed by atoms with Gasteiger partial charge in [0.25, 0.3) is 10.9 Å². The Morgan fingerprint density at radius 2 is 1.72 bits per heavy atom. The van der Waals surface area contributed by atoms with Gasteiger partial charge in [-0.05, 0) is 49.5 Å². The number of hydrogen-bond acceptors (Lipinski definition) is 7. The molecule has 0 spiro atoms. The summed E-state index contributed by atoms with van der Waals surface area (Å²) in [5.41, 5.74) is 1.94. The van der Waals surface area contributed by atoms with Gasteiger partial charge >= 0.3 is 0 Å². The second kappa shape index (κ2) is 8.07. The van der Waals surface area contributed by atoms with Crippen molar-refractivity contribution in [3.8, 4) is 5.75 Å². The molecule has 3 aromatic carbocycles. The Balaban J connectivity index is 1.68. The highest BCUT2D eigenvalue weighted by Crippen LogP contribution is 2.46. The number of aliphatic hydroxyl groups excluding tert-OH is 1. The summed E-state index contributed by atoms with van der Waals surface area (Å²) in [4.78, 5) is 26.5. The smallest absolute Gasteiger partial charge is 0.253 e. The number of aliphatic hydroxyl groups is 1. The predicted molar refractivity (Wildman–Crippen MR) is 126 cm³/mol. The second-order valence-corrected chi connectivity index (χ2v) is 9.38. The maximum Gasteiger partial charge on any atom is 0.253 e. The summed E-state index contributed by atoms with van der Waals surface area (Å²) < 4.78 is 0. The highest BCUT2D eigenvalue weighted by molar-refractivity contribution is 5.81. The Morgan fingerprint density at radius 1 is 1.03 bits per heavy atom. The van der Waals surface area contributed by atoms with Crippen LogP contribution in [0.2, 0.25) is 0 Å². The first-order chi connectivity index (χ1) is 15.1. The fraction of sp³-hybridized carbons (Fsp3) is 0.360. The van der Waals surface area contributed by atoms with Crippen molar-refractivity contribution in [1.82, 2.24) is 4.90 Å². The van der Waals surface area contributed by atoms with E-state index < -0.39 is 17.1 Å². The number of phenols is 1. The van der Waals surface area contributed by atoms with Crippen LogP contribution in [0.1, 0.15) is 49.2 Å². The van der Waals surface area contributed by atoms with Gasteiger partial charge in [-0.15, -0.1) is 0 Å². The lowest BCUT2D eigenvalue weighted by Gasteiger charge is -2.41. The molecule has 7 heteroatoms. The van der Waals surface area contributed by atoms with Gasteiger partial charge in [-0.25, -0.2) is 0 Å². The minimum Gasteiger partial charge on any atom is -0.505 e. The summed E-state index contributed by atoms with van der Waals surface area (Å²) in [7, 11) is 3.37. The molecule has 0 heterocycles. The Labute approximate surface area is 187 Å². The third-order valence-electron chi connectivity index (χ3n) is 6.48. The van der Waals surface area contributed by atoms with E-state index >= 15 is 0 Å². The van der Waals surface area contributed by atoms with Gasteiger partial charge in [0, 0.05) is 5.56 Å². The van der Waals surface area contributed by atoms with Gasteiger partial charge in [-0.2, -0.15) is 0 Å². The van der Waals surface area contributed by atoms with E-state index in [1.165, 1.54) is 5.56 Å². The van der Waals surface area contributed by atoms with Crippen molar-refractivity contribution < 1.29 is 10.2 Å². The average Bonchev–Trinajstić information content (AvgIpc) is 2.77. The number of anilines is 3. The molecule has 0 aliphatic heterocycles. The highest BCUT2D eigenvalue weighted by atomic mass is 16.3. The van der Waals surface area contributed by atoms with E-state index in [9.17, 15) is 19.8 Å². The van der Waals surface area contributed by atoms with E-state index in [-0.39, 0.29) is 34.3 Å². The van der Waals surface area contributed by atoms with Crippen LogP contribution in [-0.2, 0) is 6.42 Å². The second-order valence-electron chi connectivity index (χ2n) is 9.38. The monoisotopic (exact) mass is 435 g/mol. The molecular weight excluding hydrogens is 406 g/mol. The number of nitrogens with zero attached hydrogens (tertiary/aromatic N) is 1. The molecule has 2 unspecified atom stereocenters. The Kier molecular flexibility index (Phi) is 5.56. The Morgan fingerprint density at radius 3 is 2.44 bits per heavy atom. The van der Waals surface area contributed by atoms with Crippen molar-refractivity contribution in [3.63, 3.8) is 0 Å². The molecule has 32 heavy (non-hydrogen) atoms. The molecule has 0 aromatic heterocycles. The first-order valence-corrected chi connectivity index (χ1v) is 10.7. The molecule has 4 rings (SSSR count). The average molecular weight is 436 g/mol. The van der Waals surface area contributed by atoms with Crippen molar-refractivity contribution in [2.24, 2.45) is 5.41 Å². The molecule has 0 saturated carbocycles. The van der Waals surface area contributed by atoms with Gasteiger partial charge in [0.2, 0.25) is 0 Å². The topological polar surface area (TPSA) is 102 Å². The number of fused-ring (bicyclic) bond motifs is 1. The lowest BCUT2D eigenvalue weighted by atomic mass is 9.70. The Hall–Kier alpha value is -3.16. The minimum absolute atomic E-state index is 0.122. The minimum atomic E-state index is -1.01. The van der Waals surface area contributed by atoms with Crippen LogP contribution in [0.25, 0.3) is 0 Å². The van der Waals surface area contributed by atoms with Crippen molar-refractivity contribution in [1.29, 1.82) is 0 Å². The number of nitrogens with one attached hydrogen (secondary N) is 2. The van der Waals surface area contributed by atoms with Crippen LogP contribution in [0.15, 0.2) is 52.1 Å². The van der Waals surface area contributed by atoms with Crippen LogP contribution in [0.5, 0.6) is 5.75 Å². The van der Waals surface area contributed by atoms with E-state index in [2.05, 4.69) is 36.6 Å². The zero-order valence-electron chi connectivity index (χ0n) is 18.8. The largest absolute Gasteiger partial charge is 0.505 e. The molecule has 0 saturated heterocycles. The maximum absolute atomic E-state index is 12.5. The summed E-state index contributed by atoms with van der Waals surface area (Å²) in [6.07, 6.45) is 0.903. The van der Waals surface area contributed by atoms with Crippen LogP contribution in [0.4, 0.5) is 17.1 Å². The van der Waals surface area contributed by atoms with Crippen molar-refractivity contribution in [2.75, 3.05) is 24.7 Å². The van der Waals surface area contributed by atoms with Crippen molar-refractivity contribution >= 4 is 17.1 Å². The third-order valence-corrected chi connectivity index (χ3v) is 6.48. The predicted octanol–water partition coefficient (Wildman–Crippen LogP) is 3.41. The van der Waals surface area contributed by atoms with Crippen molar-refractivity contribution in [2.45, 2.75) is 39.0 Å². The van der Waals surface area contributed by atoms with E-state index in [0.717, 1.165) is 18.4 Å². The number of rotatable bonds is 6. The molecule has 2 atom stereocenters. The lowest BCUT2D eigenvalue weighted by Crippen LogP contribution is -2.41.